The van der Waals surface area contributed by atoms with E-state index >= 15 is 0 Å². The summed E-state index contributed by atoms with van der Waals surface area (Å²) in [6.45, 7) is 5.04. The SMILES string of the molecule is CC(C)(CCCO)CNC(=O)Cc1cccc(Br)c1. The van der Waals surface area contributed by atoms with E-state index in [1.165, 1.54) is 0 Å². The highest BCUT2D eigenvalue weighted by Gasteiger charge is 2.18. The second-order valence-electron chi connectivity index (χ2n) is 5.57. The standard InChI is InChI=1S/C15H22BrNO2/c1-15(2,7-4-8-18)11-17-14(19)10-12-5-3-6-13(16)9-12/h3,5-6,9,18H,4,7-8,10-11H2,1-2H3,(H,17,19). The van der Waals surface area contributed by atoms with Crippen LogP contribution in [0.3, 0.4) is 0 Å². The Hall–Kier alpha value is -0.870. The van der Waals surface area contributed by atoms with Gasteiger partial charge < -0.3 is 10.4 Å². The van der Waals surface area contributed by atoms with Gasteiger partial charge in [0, 0.05) is 17.6 Å². The lowest BCUT2D eigenvalue weighted by Crippen LogP contribution is -2.35. The summed E-state index contributed by atoms with van der Waals surface area (Å²) in [4.78, 5) is 11.9. The van der Waals surface area contributed by atoms with Crippen LogP contribution in [0.25, 0.3) is 0 Å². The fourth-order valence-electron chi connectivity index (χ4n) is 1.88. The number of amides is 1. The Morgan fingerprint density at radius 2 is 2.16 bits per heavy atom. The number of benzene rings is 1. The van der Waals surface area contributed by atoms with Crippen LogP contribution in [-0.4, -0.2) is 24.2 Å². The minimum atomic E-state index is 0.0235. The predicted octanol–water partition coefficient (Wildman–Crippen LogP) is 2.91. The van der Waals surface area contributed by atoms with Gasteiger partial charge in [-0.05, 0) is 36.0 Å². The molecule has 0 aliphatic heterocycles. The number of aliphatic hydroxyl groups excluding tert-OH is 1. The highest BCUT2D eigenvalue weighted by atomic mass is 79.9. The van der Waals surface area contributed by atoms with Crippen molar-refractivity contribution in [3.63, 3.8) is 0 Å². The summed E-state index contributed by atoms with van der Waals surface area (Å²) in [7, 11) is 0. The maximum absolute atomic E-state index is 11.9. The summed E-state index contributed by atoms with van der Waals surface area (Å²) in [6.07, 6.45) is 2.07. The van der Waals surface area contributed by atoms with Gasteiger partial charge in [-0.2, -0.15) is 0 Å². The third-order valence-corrected chi connectivity index (χ3v) is 3.52. The number of carbonyl (C=O) groups excluding carboxylic acids is 1. The van der Waals surface area contributed by atoms with Gasteiger partial charge in [-0.25, -0.2) is 0 Å². The van der Waals surface area contributed by atoms with E-state index in [4.69, 9.17) is 5.11 Å². The quantitative estimate of drug-likeness (QED) is 0.809. The van der Waals surface area contributed by atoms with Crippen LogP contribution < -0.4 is 5.32 Å². The van der Waals surface area contributed by atoms with Crippen molar-refractivity contribution in [2.75, 3.05) is 13.2 Å². The smallest absolute Gasteiger partial charge is 0.224 e. The molecule has 0 radical (unpaired) electrons. The molecule has 0 aromatic heterocycles. The molecule has 19 heavy (non-hydrogen) atoms. The lowest BCUT2D eigenvalue weighted by molar-refractivity contribution is -0.120. The largest absolute Gasteiger partial charge is 0.396 e. The minimum absolute atomic E-state index is 0.0235. The second kappa shape index (κ2) is 7.65. The molecular formula is C15H22BrNO2. The summed E-state index contributed by atoms with van der Waals surface area (Å²) in [5.74, 6) is 0.0372. The van der Waals surface area contributed by atoms with Crippen LogP contribution in [-0.2, 0) is 11.2 Å². The molecule has 3 nitrogen and oxygen atoms in total. The van der Waals surface area contributed by atoms with Gasteiger partial charge in [-0.3, -0.25) is 4.79 Å². The number of halogens is 1. The first-order valence-electron chi connectivity index (χ1n) is 6.55. The van der Waals surface area contributed by atoms with Crippen molar-refractivity contribution in [3.05, 3.63) is 34.3 Å². The Morgan fingerprint density at radius 3 is 2.79 bits per heavy atom. The molecule has 0 aliphatic rings. The molecule has 0 atom stereocenters. The highest BCUT2D eigenvalue weighted by molar-refractivity contribution is 9.10. The van der Waals surface area contributed by atoms with Crippen LogP contribution in [0.1, 0.15) is 32.3 Å². The number of aliphatic hydroxyl groups is 1. The summed E-state index contributed by atoms with van der Waals surface area (Å²) in [6, 6.07) is 7.77. The van der Waals surface area contributed by atoms with Crippen LogP contribution >= 0.6 is 15.9 Å². The van der Waals surface area contributed by atoms with Gasteiger partial charge in [0.25, 0.3) is 0 Å². The Bertz CT molecular complexity index is 418. The van der Waals surface area contributed by atoms with Gasteiger partial charge >= 0.3 is 0 Å². The van der Waals surface area contributed by atoms with E-state index in [-0.39, 0.29) is 17.9 Å². The molecule has 0 bridgehead atoms. The van der Waals surface area contributed by atoms with Crippen molar-refractivity contribution in [2.24, 2.45) is 5.41 Å². The van der Waals surface area contributed by atoms with E-state index in [1.807, 2.05) is 24.3 Å². The van der Waals surface area contributed by atoms with Crippen molar-refractivity contribution >= 4 is 21.8 Å². The Kier molecular flexibility index (Phi) is 6.52. The fourth-order valence-corrected chi connectivity index (χ4v) is 2.33. The average molecular weight is 328 g/mol. The molecule has 4 heteroatoms. The monoisotopic (exact) mass is 327 g/mol. The molecule has 0 saturated carbocycles. The van der Waals surface area contributed by atoms with Gasteiger partial charge in [0.05, 0.1) is 6.42 Å². The lowest BCUT2D eigenvalue weighted by Gasteiger charge is -2.24. The molecule has 1 aromatic rings. The second-order valence-corrected chi connectivity index (χ2v) is 6.49. The van der Waals surface area contributed by atoms with Gasteiger partial charge in [-0.15, -0.1) is 0 Å². The van der Waals surface area contributed by atoms with Crippen molar-refractivity contribution in [1.29, 1.82) is 0 Å². The summed E-state index contributed by atoms with van der Waals surface area (Å²) in [5, 5.41) is 11.8. The molecule has 0 fully saturated rings. The topological polar surface area (TPSA) is 49.3 Å². The molecule has 2 N–H and O–H groups in total. The van der Waals surface area contributed by atoms with E-state index in [9.17, 15) is 4.79 Å². The van der Waals surface area contributed by atoms with E-state index in [2.05, 4.69) is 35.1 Å². The fraction of sp³-hybridized carbons (Fsp3) is 0.533. The van der Waals surface area contributed by atoms with Crippen LogP contribution in [0, 0.1) is 5.41 Å². The average Bonchev–Trinajstić information content (AvgIpc) is 2.34. The normalized spacial score (nSPS) is 11.4. The molecule has 1 amide bonds. The van der Waals surface area contributed by atoms with Crippen LogP contribution in [0.2, 0.25) is 0 Å². The molecule has 0 saturated heterocycles. The first-order valence-corrected chi connectivity index (χ1v) is 7.34. The first-order chi connectivity index (χ1) is 8.93. The minimum Gasteiger partial charge on any atom is -0.396 e. The van der Waals surface area contributed by atoms with Crippen LogP contribution in [0.15, 0.2) is 28.7 Å². The van der Waals surface area contributed by atoms with Crippen molar-refractivity contribution < 1.29 is 9.90 Å². The summed E-state index contributed by atoms with van der Waals surface area (Å²) < 4.78 is 0.987. The Morgan fingerprint density at radius 1 is 1.42 bits per heavy atom. The Balaban J connectivity index is 2.39. The van der Waals surface area contributed by atoms with Crippen molar-refractivity contribution in [1.82, 2.24) is 5.32 Å². The zero-order valence-electron chi connectivity index (χ0n) is 11.6. The highest BCUT2D eigenvalue weighted by Crippen LogP contribution is 2.20. The number of hydrogen-bond donors (Lipinski definition) is 2. The number of hydrogen-bond acceptors (Lipinski definition) is 2. The molecule has 106 valence electrons. The molecule has 1 rings (SSSR count). The number of rotatable bonds is 7. The molecular weight excluding hydrogens is 306 g/mol. The number of carbonyl (C=O) groups is 1. The van der Waals surface area contributed by atoms with Crippen LogP contribution in [0.4, 0.5) is 0 Å². The maximum Gasteiger partial charge on any atom is 0.224 e. The molecule has 0 unspecified atom stereocenters. The van der Waals surface area contributed by atoms with Gasteiger partial charge in [0.2, 0.25) is 5.91 Å². The van der Waals surface area contributed by atoms with E-state index < -0.39 is 0 Å². The van der Waals surface area contributed by atoms with E-state index in [1.54, 1.807) is 0 Å². The Labute approximate surface area is 123 Å². The van der Waals surface area contributed by atoms with E-state index in [0.717, 1.165) is 22.9 Å². The van der Waals surface area contributed by atoms with Crippen LogP contribution in [0.5, 0.6) is 0 Å². The van der Waals surface area contributed by atoms with Gasteiger partial charge in [-0.1, -0.05) is 41.9 Å². The first kappa shape index (κ1) is 16.2. The maximum atomic E-state index is 11.9. The zero-order valence-corrected chi connectivity index (χ0v) is 13.2. The molecule has 0 heterocycles. The lowest BCUT2D eigenvalue weighted by atomic mass is 9.88. The zero-order chi connectivity index (χ0) is 14.3. The third-order valence-electron chi connectivity index (χ3n) is 3.03. The number of nitrogens with one attached hydrogen (secondary N) is 1. The molecule has 1 aromatic carbocycles. The van der Waals surface area contributed by atoms with Crippen molar-refractivity contribution in [3.8, 4) is 0 Å². The summed E-state index contributed by atoms with van der Waals surface area (Å²) in [5.41, 5.74) is 1.02. The molecule has 0 spiro atoms. The third kappa shape index (κ3) is 6.73. The van der Waals surface area contributed by atoms with Gasteiger partial charge in [0.15, 0.2) is 0 Å². The van der Waals surface area contributed by atoms with Crippen molar-refractivity contribution in [2.45, 2.75) is 33.1 Å². The summed E-state index contributed by atoms with van der Waals surface area (Å²) >= 11 is 3.40. The van der Waals surface area contributed by atoms with E-state index in [0.29, 0.717) is 13.0 Å². The van der Waals surface area contributed by atoms with Gasteiger partial charge in [0.1, 0.15) is 0 Å². The molecule has 0 aliphatic carbocycles. The predicted molar refractivity (Wildman–Crippen MR) is 81.0 cm³/mol.